The molecule has 0 aliphatic carbocycles. The van der Waals surface area contributed by atoms with Crippen LogP contribution in [0.3, 0.4) is 0 Å². The van der Waals surface area contributed by atoms with Gasteiger partial charge in [0.05, 0.1) is 12.2 Å². The van der Waals surface area contributed by atoms with E-state index in [4.69, 9.17) is 0 Å². The normalized spacial score (nSPS) is 24.2. The Balaban J connectivity index is 1.35. The number of anilines is 1. The van der Waals surface area contributed by atoms with E-state index in [-0.39, 0.29) is 0 Å². The van der Waals surface area contributed by atoms with Crippen LogP contribution in [-0.2, 0) is 13.0 Å². The Morgan fingerprint density at radius 2 is 1.97 bits per heavy atom. The first kappa shape index (κ1) is 18.7. The van der Waals surface area contributed by atoms with Gasteiger partial charge in [0, 0.05) is 43.2 Å². The number of rotatable bonds is 6. The Hall–Kier alpha value is -2.31. The van der Waals surface area contributed by atoms with Gasteiger partial charge in [-0.25, -0.2) is 4.98 Å². The van der Waals surface area contributed by atoms with Crippen LogP contribution in [0.15, 0.2) is 54.0 Å². The summed E-state index contributed by atoms with van der Waals surface area (Å²) < 4.78 is 0. The van der Waals surface area contributed by atoms with Gasteiger partial charge in [-0.05, 0) is 43.4 Å². The van der Waals surface area contributed by atoms with Crippen LogP contribution < -0.4 is 4.90 Å². The van der Waals surface area contributed by atoms with Gasteiger partial charge < -0.3 is 4.90 Å². The first-order chi connectivity index (χ1) is 14.2. The van der Waals surface area contributed by atoms with E-state index in [9.17, 15) is 0 Å². The molecule has 2 atom stereocenters. The SMILES string of the molecule is Cc1ccc(N2CC3CN(Cc4nccs4)CC3(CCc3ccccc3)C2)nn1. The van der Waals surface area contributed by atoms with Crippen molar-refractivity contribution in [2.45, 2.75) is 26.3 Å². The summed E-state index contributed by atoms with van der Waals surface area (Å²) in [4.78, 5) is 9.59. The molecule has 0 amide bonds. The fourth-order valence-electron chi connectivity index (χ4n) is 5.06. The monoisotopic (exact) mass is 405 g/mol. The average Bonchev–Trinajstić information content (AvgIpc) is 3.43. The van der Waals surface area contributed by atoms with E-state index in [1.807, 2.05) is 13.1 Å². The van der Waals surface area contributed by atoms with Gasteiger partial charge in [-0.3, -0.25) is 4.90 Å². The zero-order valence-corrected chi connectivity index (χ0v) is 17.7. The molecule has 0 bridgehead atoms. The van der Waals surface area contributed by atoms with Gasteiger partial charge in [0.2, 0.25) is 0 Å². The van der Waals surface area contributed by atoms with Gasteiger partial charge in [0.1, 0.15) is 5.01 Å². The van der Waals surface area contributed by atoms with Crippen molar-refractivity contribution in [3.8, 4) is 0 Å². The number of nitrogens with zero attached hydrogens (tertiary/aromatic N) is 5. The van der Waals surface area contributed by atoms with Gasteiger partial charge in [0.15, 0.2) is 5.82 Å². The van der Waals surface area contributed by atoms with Crippen molar-refractivity contribution < 1.29 is 0 Å². The minimum Gasteiger partial charge on any atom is -0.354 e. The molecule has 2 aliphatic heterocycles. The third kappa shape index (κ3) is 3.91. The van der Waals surface area contributed by atoms with E-state index in [1.54, 1.807) is 11.3 Å². The maximum atomic E-state index is 4.51. The molecule has 2 fully saturated rings. The molecular formula is C23H27N5S. The number of hydrogen-bond donors (Lipinski definition) is 0. The van der Waals surface area contributed by atoms with Crippen LogP contribution in [0.25, 0.3) is 0 Å². The molecule has 4 heterocycles. The summed E-state index contributed by atoms with van der Waals surface area (Å²) in [6.07, 6.45) is 4.27. The van der Waals surface area contributed by atoms with Crippen molar-refractivity contribution in [1.82, 2.24) is 20.1 Å². The van der Waals surface area contributed by atoms with Crippen LogP contribution in [-0.4, -0.2) is 46.3 Å². The van der Waals surface area contributed by atoms with Gasteiger partial charge >= 0.3 is 0 Å². The molecule has 0 radical (unpaired) electrons. The highest BCUT2D eigenvalue weighted by Crippen LogP contribution is 2.47. The van der Waals surface area contributed by atoms with Crippen molar-refractivity contribution >= 4 is 17.2 Å². The molecule has 0 saturated carbocycles. The standard InChI is InChI=1S/C23H27N5S/c1-18-7-8-21(26-25-18)28-14-20-13-27(15-22-24-11-12-29-22)16-23(20,17-28)10-9-19-5-3-2-4-6-19/h2-8,11-12,20H,9-10,13-17H2,1H3. The van der Waals surface area contributed by atoms with Gasteiger partial charge in [-0.1, -0.05) is 30.3 Å². The smallest absolute Gasteiger partial charge is 0.151 e. The molecule has 5 nitrogen and oxygen atoms in total. The van der Waals surface area contributed by atoms with E-state index in [0.717, 1.165) is 50.7 Å². The maximum absolute atomic E-state index is 4.51. The van der Waals surface area contributed by atoms with E-state index < -0.39 is 0 Å². The predicted molar refractivity (Wildman–Crippen MR) is 117 cm³/mol. The largest absolute Gasteiger partial charge is 0.354 e. The average molecular weight is 406 g/mol. The lowest BCUT2D eigenvalue weighted by atomic mass is 9.76. The summed E-state index contributed by atoms with van der Waals surface area (Å²) in [5, 5.41) is 12.1. The summed E-state index contributed by atoms with van der Waals surface area (Å²) in [6, 6.07) is 15.1. The molecule has 2 aliphatic rings. The zero-order valence-electron chi connectivity index (χ0n) is 16.9. The fraction of sp³-hybridized carbons (Fsp3) is 0.435. The van der Waals surface area contributed by atoms with Gasteiger partial charge in [0.25, 0.3) is 0 Å². The number of likely N-dealkylation sites (tertiary alicyclic amines) is 1. The second kappa shape index (κ2) is 7.84. The quantitative estimate of drug-likeness (QED) is 0.624. The second-order valence-corrected chi connectivity index (χ2v) is 9.53. The minimum atomic E-state index is 0.305. The van der Waals surface area contributed by atoms with Crippen molar-refractivity contribution in [1.29, 1.82) is 0 Å². The Morgan fingerprint density at radius 3 is 2.72 bits per heavy atom. The van der Waals surface area contributed by atoms with Crippen molar-refractivity contribution in [3.05, 3.63) is 70.3 Å². The van der Waals surface area contributed by atoms with Crippen LogP contribution in [0.5, 0.6) is 0 Å². The maximum Gasteiger partial charge on any atom is 0.151 e. The molecule has 29 heavy (non-hydrogen) atoms. The highest BCUT2D eigenvalue weighted by atomic mass is 32.1. The van der Waals surface area contributed by atoms with Crippen molar-refractivity contribution in [2.75, 3.05) is 31.1 Å². The third-order valence-corrected chi connectivity index (χ3v) is 7.30. The Morgan fingerprint density at radius 1 is 1.07 bits per heavy atom. The van der Waals surface area contributed by atoms with E-state index in [0.29, 0.717) is 11.3 Å². The summed E-state index contributed by atoms with van der Waals surface area (Å²) in [6.45, 7) is 7.39. The summed E-state index contributed by atoms with van der Waals surface area (Å²) in [7, 11) is 0. The van der Waals surface area contributed by atoms with E-state index in [1.165, 1.54) is 17.0 Å². The molecule has 0 N–H and O–H groups in total. The van der Waals surface area contributed by atoms with Crippen LogP contribution >= 0.6 is 11.3 Å². The van der Waals surface area contributed by atoms with Gasteiger partial charge in [-0.15, -0.1) is 16.4 Å². The highest BCUT2D eigenvalue weighted by molar-refractivity contribution is 7.09. The van der Waals surface area contributed by atoms with Crippen molar-refractivity contribution in [3.63, 3.8) is 0 Å². The van der Waals surface area contributed by atoms with Crippen LogP contribution in [0.1, 0.15) is 22.7 Å². The van der Waals surface area contributed by atoms with Crippen LogP contribution in [0, 0.1) is 18.3 Å². The molecule has 2 saturated heterocycles. The van der Waals surface area contributed by atoms with Crippen LogP contribution in [0.2, 0.25) is 0 Å². The highest BCUT2D eigenvalue weighted by Gasteiger charge is 2.52. The lowest BCUT2D eigenvalue weighted by Gasteiger charge is -2.30. The Labute approximate surface area is 176 Å². The molecule has 1 aromatic carbocycles. The summed E-state index contributed by atoms with van der Waals surface area (Å²) >= 11 is 1.76. The molecule has 2 aromatic heterocycles. The second-order valence-electron chi connectivity index (χ2n) is 8.55. The summed E-state index contributed by atoms with van der Waals surface area (Å²) in [5.74, 6) is 1.69. The molecule has 3 aromatic rings. The number of thiazole rings is 1. The number of aromatic nitrogens is 3. The Kier molecular flexibility index (Phi) is 5.06. The first-order valence-electron chi connectivity index (χ1n) is 10.4. The lowest BCUT2D eigenvalue weighted by Crippen LogP contribution is -2.35. The number of hydrogen-bond acceptors (Lipinski definition) is 6. The minimum absolute atomic E-state index is 0.305. The molecule has 6 heteroatoms. The fourth-order valence-corrected chi connectivity index (χ4v) is 5.72. The molecule has 2 unspecified atom stereocenters. The van der Waals surface area contributed by atoms with Crippen LogP contribution in [0.4, 0.5) is 5.82 Å². The third-order valence-electron chi connectivity index (χ3n) is 6.53. The molecule has 150 valence electrons. The van der Waals surface area contributed by atoms with Gasteiger partial charge in [-0.2, -0.15) is 5.10 Å². The molecule has 0 spiro atoms. The summed E-state index contributed by atoms with van der Waals surface area (Å²) in [5.41, 5.74) is 2.72. The van der Waals surface area contributed by atoms with E-state index >= 15 is 0 Å². The molecular weight excluding hydrogens is 378 g/mol. The van der Waals surface area contributed by atoms with Crippen molar-refractivity contribution in [2.24, 2.45) is 11.3 Å². The number of aryl methyl sites for hydroxylation is 2. The topological polar surface area (TPSA) is 45.2 Å². The predicted octanol–water partition coefficient (Wildman–Crippen LogP) is 3.81. The number of benzene rings is 1. The first-order valence-corrected chi connectivity index (χ1v) is 11.3. The lowest BCUT2D eigenvalue weighted by molar-refractivity contribution is 0.240. The Bertz CT molecular complexity index is 928. The number of fused-ring (bicyclic) bond motifs is 1. The molecule has 5 rings (SSSR count). The zero-order chi connectivity index (χ0) is 19.7. The van der Waals surface area contributed by atoms with E-state index in [2.05, 4.69) is 72.8 Å².